The van der Waals surface area contributed by atoms with Gasteiger partial charge in [-0.15, -0.1) is 5.10 Å². The Labute approximate surface area is 223 Å². The van der Waals surface area contributed by atoms with E-state index < -0.39 is 43.8 Å². The lowest BCUT2D eigenvalue weighted by Gasteiger charge is -2.18. The van der Waals surface area contributed by atoms with Crippen molar-refractivity contribution in [2.24, 2.45) is 0 Å². The molecule has 0 aliphatic heterocycles. The molecule has 0 fully saturated rings. The lowest BCUT2D eigenvalue weighted by atomic mass is 10.1. The third kappa shape index (κ3) is 11.1. The van der Waals surface area contributed by atoms with E-state index >= 15 is 0 Å². The number of carbonyl (C=O) groups excluding carboxylic acids is 3. The number of nitrogens with one attached hydrogen (secondary N) is 2. The van der Waals surface area contributed by atoms with Crippen molar-refractivity contribution in [2.75, 3.05) is 33.2 Å². The van der Waals surface area contributed by atoms with Crippen LogP contribution >= 0.6 is 0 Å². The van der Waals surface area contributed by atoms with Gasteiger partial charge in [-0.25, -0.2) is 14.5 Å². The Kier molecular flexibility index (Phi) is 13.5. The monoisotopic (exact) mass is 552 g/mol. The zero-order chi connectivity index (χ0) is 28.6. The molecule has 0 radical (unpaired) electrons. The average molecular weight is 553 g/mol. The lowest BCUT2D eigenvalue weighted by Crippen LogP contribution is -2.46. The molecule has 1 aromatic carbocycles. The largest absolute Gasteiger partial charge is 0.480 e. The molecule has 15 heteroatoms. The van der Waals surface area contributed by atoms with Crippen molar-refractivity contribution in [1.82, 2.24) is 30.7 Å². The zero-order valence-corrected chi connectivity index (χ0v) is 21.3. The first-order chi connectivity index (χ1) is 18.7. The quantitative estimate of drug-likeness (QED) is 0.0738. The van der Waals surface area contributed by atoms with E-state index in [0.717, 1.165) is 0 Å². The van der Waals surface area contributed by atoms with Crippen molar-refractivity contribution in [3.63, 3.8) is 0 Å². The first kappa shape index (κ1) is 31.3. The molecule has 0 unspecified atom stereocenters. The van der Waals surface area contributed by atoms with Crippen molar-refractivity contribution < 1.29 is 43.7 Å². The number of aryl methyl sites for hydroxylation is 1. The minimum Gasteiger partial charge on any atom is -0.480 e. The number of carbonyl (C=O) groups is 4. The second kappa shape index (κ2) is 16.8. The number of aliphatic carboxylic acids is 1. The van der Waals surface area contributed by atoms with E-state index in [0.29, 0.717) is 29.8 Å². The Bertz CT molecular complexity index is 1080. The number of amides is 3. The molecule has 214 valence electrons. The summed E-state index contributed by atoms with van der Waals surface area (Å²) in [6.45, 7) is -1.45. The first-order valence-corrected chi connectivity index (χ1v) is 12.3. The summed E-state index contributed by atoms with van der Waals surface area (Å²) in [5.74, 6) is -3.29. The van der Waals surface area contributed by atoms with Gasteiger partial charge in [-0.2, -0.15) is 0 Å². The SMILES string of the molecule is O=C(CN(O)C(=O)CCCNC(=O)c1ccc(-n2cc(CCCF)nn2)cc1)N[C@@H](CCCOCO)C(=O)O. The summed E-state index contributed by atoms with van der Waals surface area (Å²) >= 11 is 0. The van der Waals surface area contributed by atoms with Crippen LogP contribution in [0.15, 0.2) is 30.5 Å². The van der Waals surface area contributed by atoms with Gasteiger partial charge in [0.25, 0.3) is 5.91 Å². The van der Waals surface area contributed by atoms with Crippen LogP contribution in [0.3, 0.4) is 0 Å². The molecule has 1 atom stereocenters. The molecule has 0 saturated carbocycles. The maximum atomic E-state index is 12.4. The second-order valence-electron chi connectivity index (χ2n) is 8.44. The molecule has 0 spiro atoms. The average Bonchev–Trinajstić information content (AvgIpc) is 3.40. The Morgan fingerprint density at radius 2 is 1.87 bits per heavy atom. The van der Waals surface area contributed by atoms with E-state index in [2.05, 4.69) is 20.9 Å². The highest BCUT2D eigenvalue weighted by Crippen LogP contribution is 2.10. The van der Waals surface area contributed by atoms with Gasteiger partial charge >= 0.3 is 5.97 Å². The Balaban J connectivity index is 1.71. The van der Waals surface area contributed by atoms with Crippen LogP contribution < -0.4 is 10.6 Å². The maximum absolute atomic E-state index is 12.4. The number of hydroxylamine groups is 2. The first-order valence-electron chi connectivity index (χ1n) is 12.3. The summed E-state index contributed by atoms with van der Waals surface area (Å²) in [4.78, 5) is 47.7. The van der Waals surface area contributed by atoms with Crippen LogP contribution in [0.1, 0.15) is 48.2 Å². The van der Waals surface area contributed by atoms with Crippen LogP contribution in [-0.2, 0) is 25.5 Å². The van der Waals surface area contributed by atoms with E-state index in [1.165, 1.54) is 4.68 Å². The molecule has 39 heavy (non-hydrogen) atoms. The predicted molar refractivity (Wildman–Crippen MR) is 133 cm³/mol. The smallest absolute Gasteiger partial charge is 0.326 e. The number of aliphatic hydroxyl groups is 1. The van der Waals surface area contributed by atoms with E-state index in [1.54, 1.807) is 30.5 Å². The molecule has 3 amide bonds. The van der Waals surface area contributed by atoms with Gasteiger partial charge in [0.05, 0.1) is 24.3 Å². The van der Waals surface area contributed by atoms with E-state index in [9.17, 15) is 33.9 Å². The number of hydrogen-bond donors (Lipinski definition) is 5. The number of aromatic nitrogens is 3. The molecule has 2 aromatic rings. The summed E-state index contributed by atoms with van der Waals surface area (Å²) in [5, 5.41) is 40.6. The lowest BCUT2D eigenvalue weighted by molar-refractivity contribution is -0.169. The second-order valence-corrected chi connectivity index (χ2v) is 8.44. The molecule has 2 rings (SSSR count). The molecule has 5 N–H and O–H groups in total. The molecule has 0 aliphatic rings. The highest BCUT2D eigenvalue weighted by molar-refractivity contribution is 5.94. The van der Waals surface area contributed by atoms with Crippen LogP contribution in [-0.4, -0.2) is 98.4 Å². The van der Waals surface area contributed by atoms with Gasteiger partial charge in [-0.05, 0) is 56.4 Å². The number of carboxylic acids is 1. The van der Waals surface area contributed by atoms with Crippen molar-refractivity contribution in [1.29, 1.82) is 0 Å². The standard InChI is InChI=1S/C24H33FN6O8/c25-11-1-4-18-14-30(29-28-18)19-9-7-17(8-10-19)23(35)26-12-2-6-22(34)31(38)15-21(33)27-20(24(36)37)5-3-13-39-16-32/h7-10,14,20,32,38H,1-6,11-13,15-16H2,(H,26,35)(H,27,33)(H,36,37)/t20-/m0/s1. The van der Waals surface area contributed by atoms with Gasteiger partial charge in [-0.1, -0.05) is 5.21 Å². The highest BCUT2D eigenvalue weighted by Gasteiger charge is 2.22. The molecule has 1 heterocycles. The third-order valence-electron chi connectivity index (χ3n) is 5.44. The van der Waals surface area contributed by atoms with Crippen LogP contribution in [0.2, 0.25) is 0 Å². The molecular formula is C24H33FN6O8. The third-order valence-corrected chi connectivity index (χ3v) is 5.44. The van der Waals surface area contributed by atoms with Crippen LogP contribution in [0.5, 0.6) is 0 Å². The van der Waals surface area contributed by atoms with E-state index in [4.69, 9.17) is 9.84 Å². The zero-order valence-electron chi connectivity index (χ0n) is 21.3. The topological polar surface area (TPSA) is 196 Å². The van der Waals surface area contributed by atoms with Gasteiger partial charge in [-0.3, -0.25) is 24.0 Å². The van der Waals surface area contributed by atoms with Gasteiger partial charge < -0.3 is 25.6 Å². The number of carboxylic acid groups (broad SMARTS) is 1. The number of nitrogens with zero attached hydrogens (tertiary/aromatic N) is 4. The Hall–Kier alpha value is -3.95. The number of hydrogen-bond acceptors (Lipinski definition) is 9. The Morgan fingerprint density at radius 1 is 1.13 bits per heavy atom. The summed E-state index contributed by atoms with van der Waals surface area (Å²) in [6.07, 6.45) is 2.86. The number of ether oxygens (including phenoxy) is 1. The van der Waals surface area contributed by atoms with Crippen LogP contribution in [0.25, 0.3) is 5.69 Å². The summed E-state index contributed by atoms with van der Waals surface area (Å²) in [7, 11) is 0. The Morgan fingerprint density at radius 3 is 2.54 bits per heavy atom. The van der Waals surface area contributed by atoms with E-state index in [1.807, 2.05) is 0 Å². The van der Waals surface area contributed by atoms with Gasteiger partial charge in [0.1, 0.15) is 19.4 Å². The van der Waals surface area contributed by atoms with Crippen LogP contribution in [0.4, 0.5) is 4.39 Å². The van der Waals surface area contributed by atoms with Gasteiger partial charge in [0, 0.05) is 25.1 Å². The number of halogens is 1. The van der Waals surface area contributed by atoms with E-state index in [-0.39, 0.29) is 49.8 Å². The van der Waals surface area contributed by atoms with Gasteiger partial charge in [0.2, 0.25) is 11.8 Å². The van der Waals surface area contributed by atoms with Crippen molar-refractivity contribution >= 4 is 23.7 Å². The molecule has 0 bridgehead atoms. The number of alkyl halides is 1. The van der Waals surface area contributed by atoms with Crippen molar-refractivity contribution in [3.05, 3.63) is 41.7 Å². The summed E-state index contributed by atoms with van der Waals surface area (Å²) in [5.41, 5.74) is 1.71. The van der Waals surface area contributed by atoms with Crippen LogP contribution in [0, 0.1) is 0 Å². The molecule has 0 saturated heterocycles. The molecular weight excluding hydrogens is 519 g/mol. The molecule has 0 aliphatic carbocycles. The highest BCUT2D eigenvalue weighted by atomic mass is 19.1. The minimum absolute atomic E-state index is 0.0336. The number of aliphatic hydroxyl groups excluding tert-OH is 1. The predicted octanol–water partition coefficient (Wildman–Crippen LogP) is 0.213. The fourth-order valence-corrected chi connectivity index (χ4v) is 3.40. The number of benzene rings is 1. The van der Waals surface area contributed by atoms with Crippen molar-refractivity contribution in [2.45, 2.75) is 44.6 Å². The summed E-state index contributed by atoms with van der Waals surface area (Å²) < 4.78 is 18.5. The molecule has 1 aromatic heterocycles. The van der Waals surface area contributed by atoms with Crippen molar-refractivity contribution in [3.8, 4) is 5.69 Å². The fraction of sp³-hybridized carbons (Fsp3) is 0.500. The number of rotatable bonds is 18. The molecule has 14 nitrogen and oxygen atoms in total. The minimum atomic E-state index is -1.29. The normalized spacial score (nSPS) is 11.6. The summed E-state index contributed by atoms with van der Waals surface area (Å²) in [6, 6.07) is 5.30. The maximum Gasteiger partial charge on any atom is 0.326 e. The fourth-order valence-electron chi connectivity index (χ4n) is 3.40. The van der Waals surface area contributed by atoms with Gasteiger partial charge in [0.15, 0.2) is 0 Å².